The van der Waals surface area contributed by atoms with Crippen molar-refractivity contribution in [3.63, 3.8) is 0 Å². The fourth-order valence-corrected chi connectivity index (χ4v) is 10.8. The fourth-order valence-electron chi connectivity index (χ4n) is 9.22. The third kappa shape index (κ3) is 15.7. The molecular formula is C58H75NO9S. The van der Waals surface area contributed by atoms with Crippen LogP contribution in [0.15, 0.2) is 102 Å². The molecule has 3 unspecified atom stereocenters. The second-order valence-corrected chi connectivity index (χ2v) is 22.5. The zero-order valence-electron chi connectivity index (χ0n) is 42.2. The molecule has 1 N–H and O–H groups in total. The van der Waals surface area contributed by atoms with Gasteiger partial charge in [-0.2, -0.15) is 4.31 Å². The molecule has 4 aromatic carbocycles. The minimum absolute atomic E-state index is 0.0195. The maximum absolute atomic E-state index is 14.2. The summed E-state index contributed by atoms with van der Waals surface area (Å²) in [4.78, 5) is 68.6. The van der Waals surface area contributed by atoms with Gasteiger partial charge in [-0.15, -0.1) is 0 Å². The number of benzene rings is 4. The molecule has 0 spiro atoms. The number of carbonyl (C=O) groups excluding carboxylic acids is 5. The first kappa shape index (κ1) is 54.8. The molecular weight excluding hydrogens is 887 g/mol. The number of aliphatic hydroxyl groups excluding tert-OH is 1. The van der Waals surface area contributed by atoms with E-state index >= 15 is 0 Å². The van der Waals surface area contributed by atoms with E-state index in [4.69, 9.17) is 4.74 Å². The van der Waals surface area contributed by atoms with E-state index in [1.165, 1.54) is 9.87 Å². The summed E-state index contributed by atoms with van der Waals surface area (Å²) in [6.45, 7) is 15.2. The van der Waals surface area contributed by atoms with Gasteiger partial charge in [-0.05, 0) is 117 Å². The Kier molecular flexibility index (Phi) is 20.0. The van der Waals surface area contributed by atoms with Gasteiger partial charge in [-0.25, -0.2) is 8.42 Å². The molecule has 1 aliphatic rings. The molecule has 0 radical (unpaired) electrons. The number of aliphatic hydroxyl groups is 1. The molecule has 0 aromatic heterocycles. The quantitative estimate of drug-likeness (QED) is 0.0479. The lowest BCUT2D eigenvalue weighted by atomic mass is 9.72. The molecule has 0 saturated heterocycles. The summed E-state index contributed by atoms with van der Waals surface area (Å²) in [6.07, 6.45) is 2.46. The highest BCUT2D eigenvalue weighted by Gasteiger charge is 2.43. The largest absolute Gasteiger partial charge is 0.457 e. The minimum Gasteiger partial charge on any atom is -0.457 e. The van der Waals surface area contributed by atoms with Crippen LogP contribution < -0.4 is 0 Å². The van der Waals surface area contributed by atoms with Crippen LogP contribution in [0.25, 0.3) is 0 Å². The Hall–Kier alpha value is -5.10. The lowest BCUT2D eigenvalue weighted by molar-refractivity contribution is -0.161. The summed E-state index contributed by atoms with van der Waals surface area (Å²) in [5.41, 5.74) is 5.84. The van der Waals surface area contributed by atoms with E-state index in [1.54, 1.807) is 38.1 Å². The lowest BCUT2D eigenvalue weighted by Crippen LogP contribution is -2.43. The van der Waals surface area contributed by atoms with Gasteiger partial charge in [0.2, 0.25) is 21.6 Å². The van der Waals surface area contributed by atoms with Crippen LogP contribution in [0.4, 0.5) is 0 Å². The number of ketones is 4. The maximum atomic E-state index is 14.2. The van der Waals surface area contributed by atoms with Crippen molar-refractivity contribution in [2.24, 2.45) is 29.1 Å². The Morgan fingerprint density at radius 2 is 1.41 bits per heavy atom. The van der Waals surface area contributed by atoms with E-state index < -0.39 is 62.9 Å². The zero-order chi connectivity index (χ0) is 50.5. The number of Topliss-reactive ketones (excluding diaryl/α,β-unsaturated/α-hetero) is 4. The molecule has 4 aromatic rings. The predicted molar refractivity (Wildman–Crippen MR) is 271 cm³/mol. The van der Waals surface area contributed by atoms with Crippen LogP contribution in [-0.4, -0.2) is 66.1 Å². The van der Waals surface area contributed by atoms with E-state index in [2.05, 4.69) is 32.0 Å². The molecule has 372 valence electrons. The van der Waals surface area contributed by atoms with Gasteiger partial charge in [-0.3, -0.25) is 24.0 Å². The summed E-state index contributed by atoms with van der Waals surface area (Å²) < 4.78 is 35.4. The smallest absolute Gasteiger partial charge is 0.310 e. The van der Waals surface area contributed by atoms with Crippen molar-refractivity contribution in [3.05, 3.63) is 136 Å². The molecule has 0 bridgehead atoms. The highest BCUT2D eigenvalue weighted by atomic mass is 32.2. The summed E-state index contributed by atoms with van der Waals surface area (Å²) >= 11 is 0. The van der Waals surface area contributed by atoms with Gasteiger partial charge in [-0.1, -0.05) is 138 Å². The van der Waals surface area contributed by atoms with Crippen LogP contribution in [-0.2, 0) is 58.0 Å². The Morgan fingerprint density at radius 3 is 2.06 bits per heavy atom. The number of aryl methyl sites for hydroxylation is 4. The molecule has 0 heterocycles. The monoisotopic (exact) mass is 962 g/mol. The SMILES string of the molecule is CCC(C)(C)C(=O)C(=O)C1CCCCC1C(=O)OC(CCc1ccc(C)c(C)c1)c1cccc(CC(=O)CCC(=O)C[C@@H](Cc2ccccc2)[C@H](O)CN(CC(C)C)S(=O)(=O)c2ccc(C)cc2)c1. The topological polar surface area (TPSA) is 152 Å². The van der Waals surface area contributed by atoms with Crippen molar-refractivity contribution in [1.29, 1.82) is 0 Å². The minimum atomic E-state index is -3.95. The number of esters is 1. The van der Waals surface area contributed by atoms with Crippen molar-refractivity contribution in [3.8, 4) is 0 Å². The Bertz CT molecular complexity index is 2500. The van der Waals surface area contributed by atoms with Crippen LogP contribution in [0.2, 0.25) is 0 Å². The normalized spacial score (nSPS) is 16.7. The van der Waals surface area contributed by atoms with Gasteiger partial charge < -0.3 is 9.84 Å². The number of carbonyl (C=O) groups is 5. The zero-order valence-corrected chi connectivity index (χ0v) is 43.0. The number of hydrogen-bond donors (Lipinski definition) is 1. The fraction of sp³-hybridized carbons (Fsp3) is 0.500. The van der Waals surface area contributed by atoms with Gasteiger partial charge in [0.25, 0.3) is 0 Å². The van der Waals surface area contributed by atoms with Gasteiger partial charge in [0.05, 0.1) is 16.9 Å². The predicted octanol–water partition coefficient (Wildman–Crippen LogP) is 10.6. The van der Waals surface area contributed by atoms with E-state index in [-0.39, 0.29) is 61.2 Å². The number of rotatable bonds is 26. The molecule has 11 heteroatoms. The average molecular weight is 962 g/mol. The van der Waals surface area contributed by atoms with Gasteiger partial charge in [0.15, 0.2) is 0 Å². The van der Waals surface area contributed by atoms with Crippen LogP contribution in [0.3, 0.4) is 0 Å². The molecule has 0 amide bonds. The van der Waals surface area contributed by atoms with Crippen molar-refractivity contribution in [2.45, 2.75) is 150 Å². The Morgan fingerprint density at radius 1 is 0.754 bits per heavy atom. The summed E-state index contributed by atoms with van der Waals surface area (Å²) in [7, 11) is -3.95. The van der Waals surface area contributed by atoms with Crippen molar-refractivity contribution in [1.82, 2.24) is 4.31 Å². The molecule has 1 saturated carbocycles. The number of sulfonamides is 1. The second kappa shape index (κ2) is 25.1. The third-order valence-corrected chi connectivity index (χ3v) is 15.9. The standard InChI is InChI=1S/C58H75NO9S/c1-9-58(7,8)56(64)55(63)51-20-13-14-21-52(51)57(65)68-54(31-26-44-25-24-41(5)42(6)32-44)46-19-15-18-45(34-46)35-48(60)27-28-49(61)36-47(33-43-16-11-10-12-17-43)53(62)38-59(37-39(2)3)69(66,67)50-29-22-40(4)23-30-50/h10-12,15-19,22-25,29-30,32,34,39,47,51-54,62H,9,13-14,20-21,26-28,31,33,35-38H2,1-8H3/t47-,51?,52?,53-,54?/m1/s1. The molecule has 69 heavy (non-hydrogen) atoms. The van der Waals surface area contributed by atoms with Gasteiger partial charge in [0.1, 0.15) is 17.7 Å². The first-order valence-electron chi connectivity index (χ1n) is 24.9. The highest BCUT2D eigenvalue weighted by molar-refractivity contribution is 7.89. The van der Waals surface area contributed by atoms with E-state index in [1.807, 2.05) is 82.3 Å². The maximum Gasteiger partial charge on any atom is 0.310 e. The lowest BCUT2D eigenvalue weighted by Gasteiger charge is -2.32. The van der Waals surface area contributed by atoms with E-state index in [0.29, 0.717) is 49.7 Å². The van der Waals surface area contributed by atoms with Gasteiger partial charge in [0, 0.05) is 50.1 Å². The van der Waals surface area contributed by atoms with Crippen molar-refractivity contribution in [2.75, 3.05) is 13.1 Å². The van der Waals surface area contributed by atoms with Crippen LogP contribution in [0, 0.1) is 49.9 Å². The molecule has 5 atom stereocenters. The second-order valence-electron chi connectivity index (χ2n) is 20.6. The van der Waals surface area contributed by atoms with Crippen molar-refractivity contribution >= 4 is 39.1 Å². The highest BCUT2D eigenvalue weighted by Crippen LogP contribution is 2.37. The molecule has 1 fully saturated rings. The molecule has 0 aliphatic heterocycles. The summed E-state index contributed by atoms with van der Waals surface area (Å²) in [5, 5.41) is 11.8. The summed E-state index contributed by atoms with van der Waals surface area (Å²) in [5.74, 6) is -3.87. The van der Waals surface area contributed by atoms with Gasteiger partial charge >= 0.3 is 5.97 Å². The molecule has 1 aliphatic carbocycles. The van der Waals surface area contributed by atoms with E-state index in [0.717, 1.165) is 35.1 Å². The number of nitrogens with zero attached hydrogens (tertiary/aromatic N) is 1. The average Bonchev–Trinajstić information content (AvgIpc) is 3.32. The third-order valence-electron chi connectivity index (χ3n) is 14.1. The summed E-state index contributed by atoms with van der Waals surface area (Å²) in [6, 6.07) is 29.8. The van der Waals surface area contributed by atoms with E-state index in [9.17, 15) is 37.5 Å². The van der Waals surface area contributed by atoms with Crippen molar-refractivity contribution < 1.29 is 42.2 Å². The first-order chi connectivity index (χ1) is 32.7. The first-order valence-corrected chi connectivity index (χ1v) is 26.4. The number of hydrogen-bond acceptors (Lipinski definition) is 9. The number of ether oxygens (including phenoxy) is 1. The van der Waals surface area contributed by atoms with Crippen LogP contribution in [0.1, 0.15) is 137 Å². The molecule has 5 rings (SSSR count). The van der Waals surface area contributed by atoms with Crippen LogP contribution in [0.5, 0.6) is 0 Å². The Labute approximate surface area is 411 Å². The molecule has 10 nitrogen and oxygen atoms in total. The van der Waals surface area contributed by atoms with Crippen LogP contribution >= 0.6 is 0 Å². The Balaban J connectivity index is 1.29.